The van der Waals surface area contributed by atoms with Gasteiger partial charge in [-0.25, -0.2) is 8.42 Å². The highest BCUT2D eigenvalue weighted by atomic mass is 32.2. The second kappa shape index (κ2) is 6.45. The number of hydrogen-bond donors (Lipinski definition) is 1. The number of nitrogens with zero attached hydrogens (tertiary/aromatic N) is 2. The van der Waals surface area contributed by atoms with Crippen molar-refractivity contribution in [1.82, 2.24) is 14.6 Å². The van der Waals surface area contributed by atoms with Gasteiger partial charge in [0, 0.05) is 31.5 Å². The Morgan fingerprint density at radius 3 is 2.74 bits per heavy atom. The lowest BCUT2D eigenvalue weighted by Crippen LogP contribution is -2.42. The van der Waals surface area contributed by atoms with E-state index in [1.54, 1.807) is 16.7 Å². The molecule has 0 aromatic carbocycles. The zero-order chi connectivity index (χ0) is 13.7. The van der Waals surface area contributed by atoms with Crippen LogP contribution in [-0.4, -0.2) is 49.1 Å². The number of rotatable bonds is 6. The van der Waals surface area contributed by atoms with Gasteiger partial charge in [0.15, 0.2) is 0 Å². The molecule has 1 unspecified atom stereocenters. The molecule has 1 N–H and O–H groups in total. The SMILES string of the molecule is CCN(C1CCNC1)S(=O)(=O)CCc1ccncc1. The van der Waals surface area contributed by atoms with Gasteiger partial charge in [-0.1, -0.05) is 6.92 Å². The number of sulfonamides is 1. The Balaban J connectivity index is 2.00. The van der Waals surface area contributed by atoms with Crippen LogP contribution in [0.15, 0.2) is 24.5 Å². The first-order valence-electron chi connectivity index (χ1n) is 6.72. The summed E-state index contributed by atoms with van der Waals surface area (Å²) in [5.74, 6) is 0.168. The van der Waals surface area contributed by atoms with E-state index in [2.05, 4.69) is 10.3 Å². The molecule has 5 nitrogen and oxygen atoms in total. The molecule has 2 rings (SSSR count). The van der Waals surface area contributed by atoms with Crippen LogP contribution in [0.25, 0.3) is 0 Å². The van der Waals surface area contributed by atoms with Crippen LogP contribution in [0.4, 0.5) is 0 Å². The molecule has 19 heavy (non-hydrogen) atoms. The fraction of sp³-hybridized carbons (Fsp3) is 0.615. The fourth-order valence-corrected chi connectivity index (χ4v) is 4.24. The van der Waals surface area contributed by atoms with Crippen LogP contribution in [0.5, 0.6) is 0 Å². The summed E-state index contributed by atoms with van der Waals surface area (Å²) < 4.78 is 26.5. The summed E-state index contributed by atoms with van der Waals surface area (Å²) in [6.45, 7) is 4.12. The van der Waals surface area contributed by atoms with E-state index in [4.69, 9.17) is 0 Å². The van der Waals surface area contributed by atoms with Crippen molar-refractivity contribution < 1.29 is 8.42 Å². The zero-order valence-corrected chi connectivity index (χ0v) is 12.1. The van der Waals surface area contributed by atoms with Crippen molar-refractivity contribution in [1.29, 1.82) is 0 Å². The van der Waals surface area contributed by atoms with Crippen molar-refractivity contribution in [2.75, 3.05) is 25.4 Å². The van der Waals surface area contributed by atoms with Gasteiger partial charge >= 0.3 is 0 Å². The Labute approximate surface area is 115 Å². The smallest absolute Gasteiger partial charge is 0.214 e. The van der Waals surface area contributed by atoms with Crippen LogP contribution in [-0.2, 0) is 16.4 Å². The van der Waals surface area contributed by atoms with Crippen molar-refractivity contribution in [3.63, 3.8) is 0 Å². The van der Waals surface area contributed by atoms with Gasteiger partial charge in [0.2, 0.25) is 10.0 Å². The van der Waals surface area contributed by atoms with Crippen LogP contribution in [0.1, 0.15) is 18.9 Å². The molecule has 1 fully saturated rings. The molecule has 106 valence electrons. The number of nitrogens with one attached hydrogen (secondary N) is 1. The van der Waals surface area contributed by atoms with E-state index in [1.807, 2.05) is 19.1 Å². The van der Waals surface area contributed by atoms with E-state index in [-0.39, 0.29) is 11.8 Å². The first-order chi connectivity index (χ1) is 9.13. The molecule has 0 spiro atoms. The minimum absolute atomic E-state index is 0.118. The van der Waals surface area contributed by atoms with Crippen molar-refractivity contribution >= 4 is 10.0 Å². The third-order valence-corrected chi connectivity index (χ3v) is 5.50. The molecule has 1 saturated heterocycles. The first kappa shape index (κ1) is 14.4. The summed E-state index contributed by atoms with van der Waals surface area (Å²) in [7, 11) is -3.18. The molecule has 1 aliphatic rings. The van der Waals surface area contributed by atoms with Crippen LogP contribution in [0.2, 0.25) is 0 Å². The zero-order valence-electron chi connectivity index (χ0n) is 11.2. The average molecular weight is 283 g/mol. The van der Waals surface area contributed by atoms with E-state index in [1.165, 1.54) is 0 Å². The maximum absolute atomic E-state index is 12.4. The predicted octanol–water partition coefficient (Wildman–Crippen LogP) is 0.638. The third kappa shape index (κ3) is 3.75. The summed E-state index contributed by atoms with van der Waals surface area (Å²) >= 11 is 0. The van der Waals surface area contributed by atoms with Crippen LogP contribution in [0, 0.1) is 0 Å². The molecule has 0 saturated carbocycles. The molecule has 0 bridgehead atoms. The monoisotopic (exact) mass is 283 g/mol. The van der Waals surface area contributed by atoms with Crippen molar-refractivity contribution in [2.45, 2.75) is 25.8 Å². The fourth-order valence-electron chi connectivity index (χ4n) is 2.48. The Hall–Kier alpha value is -0.980. The highest BCUT2D eigenvalue weighted by molar-refractivity contribution is 7.89. The molecule has 0 amide bonds. The number of pyridine rings is 1. The summed E-state index contributed by atoms with van der Waals surface area (Å²) in [5, 5.41) is 3.22. The normalized spacial score (nSPS) is 20.0. The standard InChI is InChI=1S/C13H21N3O2S/c1-2-16(13-5-9-15-11-13)19(17,18)10-6-12-3-7-14-8-4-12/h3-4,7-8,13,15H,2,5-6,9-11H2,1H3. The van der Waals surface area contributed by atoms with Gasteiger partial charge in [-0.15, -0.1) is 0 Å². The summed E-state index contributed by atoms with van der Waals surface area (Å²) in [6.07, 6.45) is 4.84. The lowest BCUT2D eigenvalue weighted by atomic mass is 10.2. The molecule has 1 aliphatic heterocycles. The van der Waals surface area contributed by atoms with Gasteiger partial charge in [0.25, 0.3) is 0 Å². The molecular formula is C13H21N3O2S. The second-order valence-electron chi connectivity index (χ2n) is 4.77. The lowest BCUT2D eigenvalue weighted by molar-refractivity contribution is 0.349. The first-order valence-corrected chi connectivity index (χ1v) is 8.33. The largest absolute Gasteiger partial charge is 0.315 e. The summed E-state index contributed by atoms with van der Waals surface area (Å²) in [4.78, 5) is 3.94. The van der Waals surface area contributed by atoms with Gasteiger partial charge in [-0.3, -0.25) is 4.98 Å². The van der Waals surface area contributed by atoms with E-state index in [0.29, 0.717) is 13.0 Å². The summed E-state index contributed by atoms with van der Waals surface area (Å²) in [6, 6.07) is 3.85. The van der Waals surface area contributed by atoms with E-state index in [9.17, 15) is 8.42 Å². The Kier molecular flexibility index (Phi) is 4.90. The Morgan fingerprint density at radius 1 is 1.42 bits per heavy atom. The van der Waals surface area contributed by atoms with E-state index < -0.39 is 10.0 Å². The molecule has 1 aromatic heterocycles. The summed E-state index contributed by atoms with van der Waals surface area (Å²) in [5.41, 5.74) is 1.01. The minimum atomic E-state index is -3.18. The Bertz CT molecular complexity index is 484. The lowest BCUT2D eigenvalue weighted by Gasteiger charge is -2.26. The molecule has 1 aromatic rings. The van der Waals surface area contributed by atoms with Gasteiger partial charge in [0.05, 0.1) is 5.75 Å². The molecule has 0 radical (unpaired) electrons. The van der Waals surface area contributed by atoms with Gasteiger partial charge < -0.3 is 5.32 Å². The van der Waals surface area contributed by atoms with Crippen LogP contribution >= 0.6 is 0 Å². The number of aromatic nitrogens is 1. The highest BCUT2D eigenvalue weighted by Gasteiger charge is 2.30. The van der Waals surface area contributed by atoms with E-state index >= 15 is 0 Å². The Morgan fingerprint density at radius 2 is 2.16 bits per heavy atom. The third-order valence-electron chi connectivity index (χ3n) is 3.51. The van der Waals surface area contributed by atoms with Crippen molar-refractivity contribution in [3.05, 3.63) is 30.1 Å². The molecule has 2 heterocycles. The van der Waals surface area contributed by atoms with Crippen LogP contribution in [0.3, 0.4) is 0 Å². The number of hydrogen-bond acceptors (Lipinski definition) is 4. The van der Waals surface area contributed by atoms with Gasteiger partial charge in [-0.2, -0.15) is 4.31 Å². The van der Waals surface area contributed by atoms with Crippen LogP contribution < -0.4 is 5.32 Å². The second-order valence-corrected chi connectivity index (χ2v) is 6.81. The molecule has 0 aliphatic carbocycles. The van der Waals surface area contributed by atoms with Crippen molar-refractivity contribution in [3.8, 4) is 0 Å². The number of likely N-dealkylation sites (N-methyl/N-ethyl adjacent to an activating group) is 1. The topological polar surface area (TPSA) is 62.3 Å². The molecular weight excluding hydrogens is 262 g/mol. The maximum Gasteiger partial charge on any atom is 0.214 e. The van der Waals surface area contributed by atoms with Gasteiger partial charge in [-0.05, 0) is 37.1 Å². The molecule has 1 atom stereocenters. The quantitative estimate of drug-likeness (QED) is 0.832. The predicted molar refractivity (Wildman–Crippen MR) is 75.4 cm³/mol. The molecule has 6 heteroatoms. The van der Waals surface area contributed by atoms with Gasteiger partial charge in [0.1, 0.15) is 0 Å². The maximum atomic E-state index is 12.4. The average Bonchev–Trinajstić information content (AvgIpc) is 2.92. The van der Waals surface area contributed by atoms with Crippen molar-refractivity contribution in [2.24, 2.45) is 0 Å². The minimum Gasteiger partial charge on any atom is -0.315 e. The highest BCUT2D eigenvalue weighted by Crippen LogP contribution is 2.14. The number of aryl methyl sites for hydroxylation is 1. The van der Waals surface area contributed by atoms with E-state index in [0.717, 1.165) is 25.1 Å².